The number of fused-ring (bicyclic) bond motifs is 1. The fourth-order valence-electron chi connectivity index (χ4n) is 7.16. The van der Waals surface area contributed by atoms with Gasteiger partial charge in [-0.1, -0.05) is 39.8 Å². The van der Waals surface area contributed by atoms with Gasteiger partial charge in [0.05, 0.1) is 31.2 Å². The highest BCUT2D eigenvalue weighted by Crippen LogP contribution is 2.31. The molecule has 0 spiro atoms. The number of nitrogens with zero attached hydrogens (tertiary/aromatic N) is 4. The number of anilines is 1. The Morgan fingerprint density at radius 3 is 2.17 bits per heavy atom. The van der Waals surface area contributed by atoms with E-state index >= 15 is 0 Å². The molecule has 1 aromatic heterocycles. The maximum Gasteiger partial charge on any atom is 0.261 e. The molecular weight excluding hydrogens is 662 g/mol. The monoisotopic (exact) mass is 716 g/mol. The predicted octanol–water partition coefficient (Wildman–Crippen LogP) is 7.24. The Morgan fingerprint density at radius 1 is 0.904 bits per heavy atom. The molecule has 0 bridgehead atoms. The zero-order valence-corrected chi connectivity index (χ0v) is 31.5. The first kappa shape index (κ1) is 38.7. The van der Waals surface area contributed by atoms with Crippen molar-refractivity contribution in [1.29, 1.82) is 0 Å². The molecule has 1 aliphatic heterocycles. The summed E-state index contributed by atoms with van der Waals surface area (Å²) in [6.45, 7) is 12.3. The molecular formula is C41H54F2N6O3. The number of piperazine rings is 1. The third-order valence-electron chi connectivity index (χ3n) is 10.1. The van der Waals surface area contributed by atoms with Crippen molar-refractivity contribution in [2.45, 2.75) is 78.8 Å². The first-order chi connectivity index (χ1) is 25.2. The summed E-state index contributed by atoms with van der Waals surface area (Å²) in [6.07, 6.45) is 4.31. The van der Waals surface area contributed by atoms with E-state index in [1.807, 2.05) is 26.0 Å². The summed E-state index contributed by atoms with van der Waals surface area (Å²) in [6, 6.07) is 15.3. The van der Waals surface area contributed by atoms with Crippen LogP contribution < -0.4 is 25.7 Å². The molecule has 3 unspecified atom stereocenters. The normalized spacial score (nSPS) is 19.2. The van der Waals surface area contributed by atoms with E-state index in [0.717, 1.165) is 44.2 Å². The molecule has 52 heavy (non-hydrogen) atoms. The van der Waals surface area contributed by atoms with Crippen molar-refractivity contribution in [2.75, 3.05) is 45.7 Å². The van der Waals surface area contributed by atoms with Gasteiger partial charge in [0.2, 0.25) is 0 Å². The van der Waals surface area contributed by atoms with Gasteiger partial charge in [-0.15, -0.1) is 0 Å². The minimum atomic E-state index is -0.400. The van der Waals surface area contributed by atoms with Crippen molar-refractivity contribution < 1.29 is 18.3 Å². The standard InChI is InChI=1S/C39H48F2N6O3.C2H6/c1-25-5-13-35(26(2)21-25)45-39(46-19-16-42-17-20-46)43-29-9-12-32-36(22-29)44-37(14-8-27-6-10-30(49-3)23-33(27)40)47(38(32)48)18-15-28-7-11-31(50-4)24-34(28)41;1-2/h6-7,9-12,22-26,35,42H,5,8,13-21H2,1-4H3,(H,43,45);1-2H3. The number of benzene rings is 3. The molecule has 3 atom stereocenters. The molecule has 2 heterocycles. The number of ether oxygens (including phenoxy) is 2. The zero-order chi connectivity index (χ0) is 37.2. The minimum Gasteiger partial charge on any atom is -0.497 e. The van der Waals surface area contributed by atoms with Gasteiger partial charge >= 0.3 is 0 Å². The van der Waals surface area contributed by atoms with E-state index in [1.54, 1.807) is 34.9 Å². The second-order valence-electron chi connectivity index (χ2n) is 13.7. The van der Waals surface area contributed by atoms with Gasteiger partial charge in [0.25, 0.3) is 5.56 Å². The number of hydrogen-bond donors (Lipinski definition) is 2. The average Bonchev–Trinajstić information content (AvgIpc) is 3.16. The van der Waals surface area contributed by atoms with Gasteiger partial charge in [-0.25, -0.2) is 18.8 Å². The maximum atomic E-state index is 14.9. The molecule has 4 aromatic rings. The van der Waals surface area contributed by atoms with Crippen molar-refractivity contribution in [3.63, 3.8) is 0 Å². The van der Waals surface area contributed by atoms with Crippen molar-refractivity contribution in [3.05, 3.63) is 93.5 Å². The number of hydrogen-bond acceptors (Lipinski definition) is 6. The van der Waals surface area contributed by atoms with Crippen LogP contribution in [-0.4, -0.2) is 66.9 Å². The molecule has 280 valence electrons. The van der Waals surface area contributed by atoms with E-state index in [0.29, 0.717) is 64.0 Å². The van der Waals surface area contributed by atoms with Gasteiger partial charge < -0.3 is 25.0 Å². The Balaban J connectivity index is 0.00000257. The zero-order valence-electron chi connectivity index (χ0n) is 31.5. The summed E-state index contributed by atoms with van der Waals surface area (Å²) in [5.74, 6) is 2.65. The van der Waals surface area contributed by atoms with Gasteiger partial charge in [0.15, 0.2) is 5.96 Å². The van der Waals surface area contributed by atoms with E-state index in [4.69, 9.17) is 19.5 Å². The smallest absolute Gasteiger partial charge is 0.261 e. The fourth-order valence-corrected chi connectivity index (χ4v) is 7.16. The number of aromatic nitrogens is 2. The molecule has 3 aromatic carbocycles. The topological polar surface area (TPSA) is 93.0 Å². The van der Waals surface area contributed by atoms with Crippen LogP contribution in [0.4, 0.5) is 14.5 Å². The molecule has 11 heteroatoms. The summed E-state index contributed by atoms with van der Waals surface area (Å²) < 4.78 is 41.7. The van der Waals surface area contributed by atoms with Crippen LogP contribution in [0.5, 0.6) is 11.5 Å². The van der Waals surface area contributed by atoms with Crippen LogP contribution in [0.1, 0.15) is 63.9 Å². The van der Waals surface area contributed by atoms with E-state index in [-0.39, 0.29) is 30.4 Å². The van der Waals surface area contributed by atoms with Crippen LogP contribution in [0.3, 0.4) is 0 Å². The number of aryl methyl sites for hydroxylation is 3. The molecule has 9 nitrogen and oxygen atoms in total. The second kappa shape index (κ2) is 18.3. The molecule has 1 saturated heterocycles. The fraction of sp³-hybridized carbons (Fsp3) is 0.488. The van der Waals surface area contributed by atoms with Gasteiger partial charge in [-0.05, 0) is 85.4 Å². The lowest BCUT2D eigenvalue weighted by molar-refractivity contribution is 0.261. The predicted molar refractivity (Wildman–Crippen MR) is 206 cm³/mol. The lowest BCUT2D eigenvalue weighted by atomic mass is 9.80. The Kier molecular flexibility index (Phi) is 13.6. The van der Waals surface area contributed by atoms with Crippen molar-refractivity contribution >= 4 is 22.5 Å². The van der Waals surface area contributed by atoms with Gasteiger partial charge in [0.1, 0.15) is 29.0 Å². The third kappa shape index (κ3) is 9.47. The van der Waals surface area contributed by atoms with E-state index in [1.165, 1.54) is 39.2 Å². The van der Waals surface area contributed by atoms with Crippen LogP contribution in [0.2, 0.25) is 0 Å². The van der Waals surface area contributed by atoms with Gasteiger partial charge in [0, 0.05) is 57.0 Å². The van der Waals surface area contributed by atoms with Crippen LogP contribution in [0.25, 0.3) is 10.9 Å². The number of guanidine groups is 1. The number of methoxy groups -OCH3 is 2. The largest absolute Gasteiger partial charge is 0.497 e. The number of nitrogens with one attached hydrogen (secondary N) is 2. The summed E-state index contributed by atoms with van der Waals surface area (Å²) in [4.78, 5) is 26.7. The van der Waals surface area contributed by atoms with Gasteiger partial charge in [-0.3, -0.25) is 9.36 Å². The Labute approximate surface area is 306 Å². The second-order valence-corrected chi connectivity index (χ2v) is 13.7. The number of halogens is 2. The van der Waals surface area contributed by atoms with Crippen molar-refractivity contribution in [1.82, 2.24) is 19.8 Å². The Bertz CT molecular complexity index is 1890. The minimum absolute atomic E-state index is 0.212. The summed E-state index contributed by atoms with van der Waals surface area (Å²) in [7, 11) is 2.99. The summed E-state index contributed by atoms with van der Waals surface area (Å²) in [5.41, 5.74) is 2.07. The van der Waals surface area contributed by atoms with Crippen LogP contribution in [0, 0.1) is 23.5 Å². The van der Waals surface area contributed by atoms with E-state index < -0.39 is 5.82 Å². The van der Waals surface area contributed by atoms with Crippen LogP contribution in [-0.2, 0) is 25.8 Å². The van der Waals surface area contributed by atoms with Gasteiger partial charge in [-0.2, -0.15) is 0 Å². The molecule has 0 radical (unpaired) electrons. The molecule has 2 aliphatic rings. The van der Waals surface area contributed by atoms with Crippen LogP contribution in [0.15, 0.2) is 64.4 Å². The first-order valence-corrected chi connectivity index (χ1v) is 18.7. The Morgan fingerprint density at radius 2 is 1.56 bits per heavy atom. The van der Waals surface area contributed by atoms with Crippen LogP contribution >= 0.6 is 0 Å². The first-order valence-electron chi connectivity index (χ1n) is 18.7. The molecule has 2 fully saturated rings. The number of rotatable bonds is 10. The highest BCUT2D eigenvalue weighted by Gasteiger charge is 2.27. The quantitative estimate of drug-likeness (QED) is 0.132. The van der Waals surface area contributed by atoms with E-state index in [9.17, 15) is 13.6 Å². The van der Waals surface area contributed by atoms with Crippen molar-refractivity contribution in [2.24, 2.45) is 16.8 Å². The highest BCUT2D eigenvalue weighted by atomic mass is 19.1. The molecule has 6 rings (SSSR count). The summed E-state index contributed by atoms with van der Waals surface area (Å²) in [5, 5.41) is 7.48. The third-order valence-corrected chi connectivity index (χ3v) is 10.1. The summed E-state index contributed by atoms with van der Waals surface area (Å²) >= 11 is 0. The number of aliphatic imine (C=N–C) groups is 1. The molecule has 0 amide bonds. The molecule has 1 aliphatic carbocycles. The van der Waals surface area contributed by atoms with E-state index in [2.05, 4.69) is 29.4 Å². The molecule has 2 N–H and O–H groups in total. The maximum absolute atomic E-state index is 14.9. The Hall–Kier alpha value is -4.51. The molecule has 1 saturated carbocycles. The lowest BCUT2D eigenvalue weighted by Gasteiger charge is -2.34. The SMILES string of the molecule is CC.COc1ccc(CCc2nc3cc(NC(=NC4CCC(C)CC4C)N4CCNCC4)ccc3c(=O)n2CCc2ccc(OC)cc2F)c(F)c1. The van der Waals surface area contributed by atoms with Crippen molar-refractivity contribution in [3.8, 4) is 11.5 Å². The lowest BCUT2D eigenvalue weighted by Crippen LogP contribution is -2.49. The average molecular weight is 717 g/mol. The highest BCUT2D eigenvalue weighted by molar-refractivity contribution is 5.96.